The monoisotopic (exact) mass is 186 g/mol. The second-order valence-corrected chi connectivity index (χ2v) is 3.09. The van der Waals surface area contributed by atoms with Crippen molar-refractivity contribution in [3.63, 3.8) is 0 Å². The van der Waals surface area contributed by atoms with Gasteiger partial charge in [0.1, 0.15) is 5.58 Å². The smallest absolute Gasteiger partial charge is 0.339 e. The summed E-state index contributed by atoms with van der Waals surface area (Å²) < 4.78 is 5.14. The van der Waals surface area contributed by atoms with Crippen LogP contribution in [-0.2, 0) is 6.42 Å². The highest BCUT2D eigenvalue weighted by atomic mass is 16.4. The van der Waals surface area contributed by atoms with Gasteiger partial charge in [0, 0.05) is 10.9 Å². The van der Waals surface area contributed by atoms with Gasteiger partial charge in [-0.25, -0.2) is 4.79 Å². The first-order chi connectivity index (χ1) is 6.81. The van der Waals surface area contributed by atoms with Gasteiger partial charge in [-0.3, -0.25) is 0 Å². The summed E-state index contributed by atoms with van der Waals surface area (Å²) in [6.45, 7) is 3.60. The van der Waals surface area contributed by atoms with Crippen LogP contribution in [0.3, 0.4) is 0 Å². The van der Waals surface area contributed by atoms with Crippen LogP contribution in [0.1, 0.15) is 5.56 Å². The minimum Gasteiger partial charge on any atom is -0.423 e. The summed E-state index contributed by atoms with van der Waals surface area (Å²) >= 11 is 0. The summed E-state index contributed by atoms with van der Waals surface area (Å²) in [5.41, 5.74) is 1.01. The molecule has 0 N–H and O–H groups in total. The maximum Gasteiger partial charge on any atom is 0.339 e. The van der Waals surface area contributed by atoms with Gasteiger partial charge in [-0.1, -0.05) is 24.3 Å². The number of hydrogen-bond donors (Lipinski definition) is 0. The van der Waals surface area contributed by atoms with Gasteiger partial charge in [0.25, 0.3) is 0 Å². The fourth-order valence-corrected chi connectivity index (χ4v) is 1.40. The highest BCUT2D eigenvalue weighted by Crippen LogP contribution is 2.12. The van der Waals surface area contributed by atoms with Crippen LogP contribution in [0.25, 0.3) is 11.0 Å². The van der Waals surface area contributed by atoms with E-state index in [0.717, 1.165) is 5.39 Å². The van der Waals surface area contributed by atoms with Crippen LogP contribution in [0.2, 0.25) is 0 Å². The Morgan fingerprint density at radius 2 is 2.14 bits per heavy atom. The molecule has 0 aliphatic carbocycles. The summed E-state index contributed by atoms with van der Waals surface area (Å²) in [6, 6.07) is 9.32. The van der Waals surface area contributed by atoms with Gasteiger partial charge in [0.05, 0.1) is 0 Å². The first-order valence-electron chi connectivity index (χ1n) is 4.44. The van der Waals surface area contributed by atoms with Crippen molar-refractivity contribution >= 4 is 11.0 Å². The van der Waals surface area contributed by atoms with Gasteiger partial charge in [0.2, 0.25) is 0 Å². The lowest BCUT2D eigenvalue weighted by molar-refractivity contribution is 0.553. The van der Waals surface area contributed by atoms with Crippen LogP contribution in [0.4, 0.5) is 0 Å². The molecule has 0 aliphatic rings. The second-order valence-electron chi connectivity index (χ2n) is 3.09. The van der Waals surface area contributed by atoms with Crippen LogP contribution < -0.4 is 5.63 Å². The van der Waals surface area contributed by atoms with Crippen LogP contribution in [0.5, 0.6) is 0 Å². The van der Waals surface area contributed by atoms with Crippen molar-refractivity contribution < 1.29 is 4.42 Å². The quantitative estimate of drug-likeness (QED) is 0.533. The van der Waals surface area contributed by atoms with Crippen LogP contribution >= 0.6 is 0 Å². The Morgan fingerprint density at radius 1 is 1.36 bits per heavy atom. The van der Waals surface area contributed by atoms with E-state index >= 15 is 0 Å². The number of hydrogen-bond acceptors (Lipinski definition) is 2. The van der Waals surface area contributed by atoms with Crippen molar-refractivity contribution in [2.75, 3.05) is 0 Å². The molecule has 0 aliphatic heterocycles. The third-order valence-corrected chi connectivity index (χ3v) is 2.08. The molecule has 2 aromatic rings. The van der Waals surface area contributed by atoms with Crippen LogP contribution in [0.15, 0.2) is 52.2 Å². The van der Waals surface area contributed by atoms with Crippen molar-refractivity contribution in [3.05, 3.63) is 59.0 Å². The van der Waals surface area contributed by atoms with E-state index in [1.807, 2.05) is 24.3 Å². The normalized spacial score (nSPS) is 10.3. The largest absolute Gasteiger partial charge is 0.423 e. The maximum atomic E-state index is 11.4. The van der Waals surface area contributed by atoms with E-state index in [2.05, 4.69) is 6.58 Å². The van der Waals surface area contributed by atoms with Crippen LogP contribution in [-0.4, -0.2) is 0 Å². The Bertz CT molecular complexity index is 523. The summed E-state index contributed by atoms with van der Waals surface area (Å²) in [5.74, 6) is 0. The third-order valence-electron chi connectivity index (χ3n) is 2.08. The Balaban J connectivity index is 2.70. The number of para-hydroxylation sites is 1. The van der Waals surface area contributed by atoms with Gasteiger partial charge in [0.15, 0.2) is 0 Å². The van der Waals surface area contributed by atoms with Crippen molar-refractivity contribution in [1.29, 1.82) is 0 Å². The molecule has 0 fully saturated rings. The van der Waals surface area contributed by atoms with Gasteiger partial charge in [-0.05, 0) is 18.6 Å². The van der Waals surface area contributed by atoms with Crippen molar-refractivity contribution in [1.82, 2.24) is 0 Å². The van der Waals surface area contributed by atoms with E-state index in [-0.39, 0.29) is 5.63 Å². The van der Waals surface area contributed by atoms with E-state index in [4.69, 9.17) is 4.42 Å². The summed E-state index contributed by atoms with van der Waals surface area (Å²) in [7, 11) is 0. The number of benzene rings is 1. The van der Waals surface area contributed by atoms with Crippen molar-refractivity contribution in [2.45, 2.75) is 6.42 Å². The van der Waals surface area contributed by atoms with Crippen molar-refractivity contribution in [2.24, 2.45) is 0 Å². The fraction of sp³-hybridized carbons (Fsp3) is 0.0833. The Hall–Kier alpha value is -1.83. The van der Waals surface area contributed by atoms with E-state index < -0.39 is 0 Å². The lowest BCUT2D eigenvalue weighted by Gasteiger charge is -1.98. The van der Waals surface area contributed by atoms with Gasteiger partial charge in [-0.15, -0.1) is 6.58 Å². The fourth-order valence-electron chi connectivity index (χ4n) is 1.40. The SMILES string of the molecule is C=CCc1cc2ccccc2oc1=O. The highest BCUT2D eigenvalue weighted by Gasteiger charge is 2.02. The minimum atomic E-state index is -0.274. The predicted molar refractivity (Wildman–Crippen MR) is 56.4 cm³/mol. The first-order valence-corrected chi connectivity index (χ1v) is 4.44. The molecule has 0 bridgehead atoms. The molecule has 70 valence electrons. The molecular weight excluding hydrogens is 176 g/mol. The zero-order chi connectivity index (χ0) is 9.97. The molecular formula is C12H10O2. The molecule has 0 amide bonds. The maximum absolute atomic E-state index is 11.4. The minimum absolute atomic E-state index is 0.274. The zero-order valence-corrected chi connectivity index (χ0v) is 7.69. The molecule has 0 unspecified atom stereocenters. The molecule has 1 aromatic carbocycles. The number of rotatable bonds is 2. The average Bonchev–Trinajstić information content (AvgIpc) is 2.19. The zero-order valence-electron chi connectivity index (χ0n) is 7.69. The molecule has 2 heteroatoms. The average molecular weight is 186 g/mol. The molecule has 2 nitrogen and oxygen atoms in total. The summed E-state index contributed by atoms with van der Waals surface area (Å²) in [5, 5.41) is 0.948. The molecule has 0 saturated heterocycles. The lowest BCUT2D eigenvalue weighted by Crippen LogP contribution is -2.05. The highest BCUT2D eigenvalue weighted by molar-refractivity contribution is 5.76. The Morgan fingerprint density at radius 3 is 2.93 bits per heavy atom. The Kier molecular flexibility index (Phi) is 2.19. The summed E-state index contributed by atoms with van der Waals surface area (Å²) in [4.78, 5) is 11.4. The lowest BCUT2D eigenvalue weighted by atomic mass is 10.1. The molecule has 0 spiro atoms. The van der Waals surface area contributed by atoms with E-state index in [0.29, 0.717) is 17.6 Å². The van der Waals surface area contributed by atoms with Gasteiger partial charge in [-0.2, -0.15) is 0 Å². The van der Waals surface area contributed by atoms with Gasteiger partial charge >= 0.3 is 5.63 Å². The van der Waals surface area contributed by atoms with E-state index in [1.54, 1.807) is 12.1 Å². The topological polar surface area (TPSA) is 30.2 Å². The molecule has 0 radical (unpaired) electrons. The van der Waals surface area contributed by atoms with Gasteiger partial charge < -0.3 is 4.42 Å². The molecule has 14 heavy (non-hydrogen) atoms. The van der Waals surface area contributed by atoms with Crippen LogP contribution in [0, 0.1) is 0 Å². The van der Waals surface area contributed by atoms with E-state index in [1.165, 1.54) is 0 Å². The predicted octanol–water partition coefficient (Wildman–Crippen LogP) is 2.52. The number of allylic oxidation sites excluding steroid dienone is 1. The number of fused-ring (bicyclic) bond motifs is 1. The molecule has 1 aromatic heterocycles. The molecule has 1 heterocycles. The second kappa shape index (κ2) is 3.50. The van der Waals surface area contributed by atoms with E-state index in [9.17, 15) is 4.79 Å². The summed E-state index contributed by atoms with van der Waals surface area (Å²) in [6.07, 6.45) is 2.24. The molecule has 0 saturated carbocycles. The Labute approximate surface area is 81.5 Å². The molecule has 2 rings (SSSR count). The molecule has 0 atom stereocenters. The standard InChI is InChI=1S/C12H10O2/c1-2-5-10-8-9-6-3-4-7-11(9)14-12(10)13/h2-4,6-8H,1,5H2. The third kappa shape index (κ3) is 1.46. The van der Waals surface area contributed by atoms with Crippen molar-refractivity contribution in [3.8, 4) is 0 Å². The first kappa shape index (κ1) is 8.75.